The van der Waals surface area contributed by atoms with Gasteiger partial charge >= 0.3 is 0 Å². The Kier molecular flexibility index (Phi) is 5.07. The number of nitrogens with zero attached hydrogens (tertiary/aromatic N) is 3. The Morgan fingerprint density at radius 3 is 2.81 bits per heavy atom. The molecule has 0 aliphatic carbocycles. The van der Waals surface area contributed by atoms with Crippen LogP contribution in [0, 0.1) is 24.7 Å². The molecule has 2 atom stereocenters. The van der Waals surface area contributed by atoms with Gasteiger partial charge in [-0.3, -0.25) is 4.79 Å². The minimum atomic E-state index is -1.47. The topological polar surface area (TPSA) is 116 Å². The number of nitrogens with two attached hydrogens (primary N) is 1. The highest BCUT2D eigenvalue weighted by Crippen LogP contribution is 2.35. The number of primary amides is 1. The van der Waals surface area contributed by atoms with Crippen LogP contribution >= 0.6 is 0 Å². The van der Waals surface area contributed by atoms with E-state index in [2.05, 4.69) is 35.8 Å². The van der Waals surface area contributed by atoms with E-state index in [1.54, 1.807) is 26.1 Å². The number of carbonyl (C=O) groups is 1. The summed E-state index contributed by atoms with van der Waals surface area (Å²) in [6.45, 7) is 8.01. The average molecular weight is 420 g/mol. The van der Waals surface area contributed by atoms with Crippen molar-refractivity contribution >= 4 is 5.91 Å². The number of fused-ring (bicyclic) bond motifs is 3. The van der Waals surface area contributed by atoms with E-state index in [0.29, 0.717) is 40.7 Å². The Morgan fingerprint density at radius 2 is 2.16 bits per heavy atom. The third-order valence-corrected chi connectivity index (χ3v) is 5.22. The monoisotopic (exact) mass is 420 g/mol. The van der Waals surface area contributed by atoms with Gasteiger partial charge in [-0.15, -0.1) is 0 Å². The van der Waals surface area contributed by atoms with Crippen LogP contribution < -0.4 is 10.5 Å². The number of carbonyl (C=O) groups excluding carboxylic acids is 1. The summed E-state index contributed by atoms with van der Waals surface area (Å²) in [6.07, 6.45) is 1.56. The normalized spacial score (nSPS) is 16.9. The first-order valence-corrected chi connectivity index (χ1v) is 10.0. The lowest BCUT2D eigenvalue weighted by molar-refractivity contribution is 0.0995. The summed E-state index contributed by atoms with van der Waals surface area (Å²) in [4.78, 5) is 16.1. The lowest BCUT2D eigenvalue weighted by atomic mass is 10.0. The van der Waals surface area contributed by atoms with Gasteiger partial charge in [0.2, 0.25) is 0 Å². The Labute approximate surface area is 180 Å². The molecular formula is C23H24N4O4. The fourth-order valence-corrected chi connectivity index (χ4v) is 3.37. The molecule has 0 saturated carbocycles. The highest BCUT2D eigenvalue weighted by molar-refractivity contribution is 5.91. The molecule has 1 amide bonds. The summed E-state index contributed by atoms with van der Waals surface area (Å²) < 4.78 is 13.2. The average Bonchev–Trinajstić information content (AvgIpc) is 3.30. The fourth-order valence-electron chi connectivity index (χ4n) is 3.37. The zero-order valence-corrected chi connectivity index (χ0v) is 17.8. The van der Waals surface area contributed by atoms with Gasteiger partial charge in [0.05, 0.1) is 12.1 Å². The second-order valence-electron chi connectivity index (χ2n) is 8.22. The number of benzene rings is 1. The zero-order chi connectivity index (χ0) is 22.3. The molecule has 8 heteroatoms. The standard InChI is InChI=1S/C23H24N4O4/c1-13(2)19-12-27-11-17(21(24)28)25-22(27)16-10-15(5-6-18(16)30-19)7-8-23(4,29)20-9-14(3)31-26-20/h5-6,9-11,13,19,29H,12H2,1-4H3,(H2,24,28)/t19-,23+/m0/s1. The van der Waals surface area contributed by atoms with Crippen molar-refractivity contribution in [1.82, 2.24) is 14.7 Å². The highest BCUT2D eigenvalue weighted by Gasteiger charge is 2.27. The minimum absolute atomic E-state index is 0.0944. The molecule has 31 heavy (non-hydrogen) atoms. The molecular weight excluding hydrogens is 396 g/mol. The first kappa shape index (κ1) is 20.7. The summed E-state index contributed by atoms with van der Waals surface area (Å²) in [6, 6.07) is 7.13. The molecule has 0 bridgehead atoms. The van der Waals surface area contributed by atoms with Gasteiger partial charge < -0.3 is 24.7 Å². The number of aliphatic hydroxyl groups is 1. The Hall–Kier alpha value is -3.57. The van der Waals surface area contributed by atoms with Crippen molar-refractivity contribution < 1.29 is 19.2 Å². The SMILES string of the molecule is Cc1cc([C@](C)(O)C#Cc2ccc3c(c2)-c2nc(C(N)=O)cn2C[C@@H](C(C)C)O3)no1. The van der Waals surface area contributed by atoms with E-state index in [1.807, 2.05) is 22.8 Å². The van der Waals surface area contributed by atoms with Crippen molar-refractivity contribution in [1.29, 1.82) is 0 Å². The van der Waals surface area contributed by atoms with E-state index < -0.39 is 11.5 Å². The molecule has 0 spiro atoms. The fraction of sp³-hybridized carbons (Fsp3) is 0.348. The van der Waals surface area contributed by atoms with Crippen molar-refractivity contribution in [2.75, 3.05) is 0 Å². The van der Waals surface area contributed by atoms with Crippen molar-refractivity contribution in [3.8, 4) is 29.0 Å². The summed E-state index contributed by atoms with van der Waals surface area (Å²) in [5.74, 6) is 7.34. The first-order valence-electron chi connectivity index (χ1n) is 10.0. The van der Waals surface area contributed by atoms with Gasteiger partial charge in [0.1, 0.15) is 34.8 Å². The second-order valence-corrected chi connectivity index (χ2v) is 8.22. The number of hydrogen-bond acceptors (Lipinski definition) is 6. The van der Waals surface area contributed by atoms with Crippen LogP contribution in [0.5, 0.6) is 5.75 Å². The molecule has 2 aromatic heterocycles. The van der Waals surface area contributed by atoms with Gasteiger partial charge in [-0.05, 0) is 38.0 Å². The maximum atomic E-state index is 11.7. The molecule has 8 nitrogen and oxygen atoms in total. The Morgan fingerprint density at radius 1 is 1.39 bits per heavy atom. The van der Waals surface area contributed by atoms with E-state index in [-0.39, 0.29) is 17.7 Å². The summed E-state index contributed by atoms with van der Waals surface area (Å²) in [7, 11) is 0. The molecule has 0 unspecified atom stereocenters. The van der Waals surface area contributed by atoms with E-state index >= 15 is 0 Å². The van der Waals surface area contributed by atoms with Crippen LogP contribution in [0.3, 0.4) is 0 Å². The quantitative estimate of drug-likeness (QED) is 0.629. The Balaban J connectivity index is 1.77. The van der Waals surface area contributed by atoms with Gasteiger partial charge in [-0.2, -0.15) is 0 Å². The van der Waals surface area contributed by atoms with E-state index in [0.717, 1.165) is 0 Å². The minimum Gasteiger partial charge on any atom is -0.488 e. The van der Waals surface area contributed by atoms with Crippen LogP contribution in [0.25, 0.3) is 11.4 Å². The highest BCUT2D eigenvalue weighted by atomic mass is 16.5. The molecule has 1 aromatic carbocycles. The number of aromatic nitrogens is 3. The predicted octanol–water partition coefficient (Wildman–Crippen LogP) is 2.62. The molecule has 160 valence electrons. The van der Waals surface area contributed by atoms with E-state index in [1.165, 1.54) is 0 Å². The van der Waals surface area contributed by atoms with Crippen molar-refractivity contribution in [3.63, 3.8) is 0 Å². The summed E-state index contributed by atoms with van der Waals surface area (Å²) >= 11 is 0. The summed E-state index contributed by atoms with van der Waals surface area (Å²) in [5, 5.41) is 14.5. The van der Waals surface area contributed by atoms with Crippen LogP contribution in [0.4, 0.5) is 0 Å². The van der Waals surface area contributed by atoms with Crippen LogP contribution in [0.2, 0.25) is 0 Å². The van der Waals surface area contributed by atoms with Crippen LogP contribution in [0.1, 0.15) is 48.3 Å². The van der Waals surface area contributed by atoms with Gasteiger partial charge in [-0.1, -0.05) is 30.8 Å². The van der Waals surface area contributed by atoms with Gasteiger partial charge in [-0.25, -0.2) is 4.98 Å². The molecule has 3 heterocycles. The smallest absolute Gasteiger partial charge is 0.268 e. The predicted molar refractivity (Wildman–Crippen MR) is 113 cm³/mol. The third kappa shape index (κ3) is 4.05. The molecule has 3 aromatic rings. The van der Waals surface area contributed by atoms with Crippen molar-refractivity contribution in [2.24, 2.45) is 11.7 Å². The molecule has 1 aliphatic heterocycles. The number of hydrogen-bond donors (Lipinski definition) is 2. The van der Waals surface area contributed by atoms with E-state index in [9.17, 15) is 9.90 Å². The van der Waals surface area contributed by atoms with Gasteiger partial charge in [0.15, 0.2) is 5.60 Å². The number of amides is 1. The summed E-state index contributed by atoms with van der Waals surface area (Å²) in [5.41, 5.74) is 5.89. The zero-order valence-electron chi connectivity index (χ0n) is 17.8. The molecule has 0 fully saturated rings. The maximum Gasteiger partial charge on any atom is 0.268 e. The second kappa shape index (κ2) is 7.60. The number of aryl methyl sites for hydroxylation is 1. The van der Waals surface area contributed by atoms with Crippen molar-refractivity contribution in [2.45, 2.75) is 45.9 Å². The molecule has 1 aliphatic rings. The molecule has 0 saturated heterocycles. The third-order valence-electron chi connectivity index (χ3n) is 5.22. The first-order chi connectivity index (χ1) is 14.6. The molecule has 3 N–H and O–H groups in total. The number of imidazole rings is 1. The lowest BCUT2D eigenvalue weighted by Crippen LogP contribution is -2.27. The Bertz CT molecular complexity index is 1210. The molecule has 4 rings (SSSR count). The van der Waals surface area contributed by atoms with E-state index in [4.69, 9.17) is 15.0 Å². The maximum absolute atomic E-state index is 11.7. The van der Waals surface area contributed by atoms with Gasteiger partial charge in [0, 0.05) is 17.8 Å². The largest absolute Gasteiger partial charge is 0.488 e. The lowest BCUT2D eigenvalue weighted by Gasteiger charge is -2.21. The van der Waals surface area contributed by atoms with Crippen LogP contribution in [-0.4, -0.2) is 31.8 Å². The number of ether oxygens (including phenoxy) is 1. The number of rotatable bonds is 3. The van der Waals surface area contributed by atoms with Gasteiger partial charge in [0.25, 0.3) is 5.91 Å². The van der Waals surface area contributed by atoms with Crippen molar-refractivity contribution in [3.05, 3.63) is 53.2 Å². The molecule has 0 radical (unpaired) electrons. The van der Waals surface area contributed by atoms with Crippen LogP contribution in [-0.2, 0) is 12.1 Å². The van der Waals surface area contributed by atoms with Crippen LogP contribution in [0.15, 0.2) is 35.0 Å².